The van der Waals surface area contributed by atoms with Gasteiger partial charge in [0, 0.05) is 28.7 Å². The van der Waals surface area contributed by atoms with Crippen LogP contribution in [0.5, 0.6) is 5.75 Å². The molecule has 3 fully saturated rings. The average molecular weight is 783 g/mol. The molecule has 0 radical (unpaired) electrons. The highest BCUT2D eigenvalue weighted by Crippen LogP contribution is 2.63. The van der Waals surface area contributed by atoms with Crippen LogP contribution in [0.4, 0.5) is 22.0 Å². The first kappa shape index (κ1) is 42.2. The van der Waals surface area contributed by atoms with E-state index in [4.69, 9.17) is 9.47 Å². The number of rotatable bonds is 17. The Kier molecular flexibility index (Phi) is 13.9. The fourth-order valence-corrected chi connectivity index (χ4v) is 10.8. The molecule has 3 aliphatic carbocycles. The first-order chi connectivity index (χ1) is 24.9. The summed E-state index contributed by atoms with van der Waals surface area (Å²) in [7, 11) is -1.41. The molecular formula is C38H55F5O9S. The molecule has 1 aromatic rings. The molecular weight excluding hydrogens is 727 g/mol. The van der Waals surface area contributed by atoms with Gasteiger partial charge < -0.3 is 35.0 Å². The highest BCUT2D eigenvalue weighted by atomic mass is 32.2. The van der Waals surface area contributed by atoms with Crippen LogP contribution in [0, 0.1) is 23.2 Å². The second-order valence-electron chi connectivity index (χ2n) is 16.0. The number of benzene rings is 1. The van der Waals surface area contributed by atoms with Crippen molar-refractivity contribution in [2.75, 3.05) is 11.5 Å². The monoisotopic (exact) mass is 782 g/mol. The second kappa shape index (κ2) is 17.5. The lowest BCUT2D eigenvalue weighted by atomic mass is 9.52. The van der Waals surface area contributed by atoms with Crippen molar-refractivity contribution in [1.29, 1.82) is 0 Å². The predicted molar refractivity (Wildman–Crippen MR) is 186 cm³/mol. The van der Waals surface area contributed by atoms with Crippen molar-refractivity contribution in [3.63, 3.8) is 0 Å². The van der Waals surface area contributed by atoms with E-state index in [-0.39, 0.29) is 17.3 Å². The zero-order valence-electron chi connectivity index (χ0n) is 30.2. The van der Waals surface area contributed by atoms with Crippen LogP contribution >= 0.6 is 0 Å². The summed E-state index contributed by atoms with van der Waals surface area (Å²) < 4.78 is 86.3. The molecule has 0 spiro atoms. The van der Waals surface area contributed by atoms with Crippen LogP contribution in [-0.4, -0.2) is 96.1 Å². The van der Waals surface area contributed by atoms with Crippen molar-refractivity contribution < 1.29 is 66.0 Å². The third-order valence-electron chi connectivity index (χ3n) is 12.6. The van der Waals surface area contributed by atoms with Gasteiger partial charge in [-0.25, -0.2) is 4.79 Å². The summed E-state index contributed by atoms with van der Waals surface area (Å²) in [6, 6.07) is 5.71. The fraction of sp³-hybridized carbons (Fsp3) is 0.816. The molecule has 302 valence electrons. The smallest absolute Gasteiger partial charge is 0.453 e. The molecule has 1 aliphatic heterocycles. The SMILES string of the molecule is C[C@]12CC[C@H]3c4ccc(O[C@@H]5O[C@H](C(=O)O)[C@@H](O)[C@H](O)[C@H]5O)cc4C[C@H](CCCCCCCCC[S@](=O)CCCC(F)(F)C(F)(F)F)[C@H]3[C@H]1CC[C@@H]2O. The molecule has 5 rings (SSSR count). The largest absolute Gasteiger partial charge is 0.479 e. The van der Waals surface area contributed by atoms with Crippen LogP contribution in [0.25, 0.3) is 0 Å². The first-order valence-electron chi connectivity index (χ1n) is 19.1. The number of aliphatic hydroxyl groups is 4. The van der Waals surface area contributed by atoms with Gasteiger partial charge in [0.05, 0.1) is 6.10 Å². The van der Waals surface area contributed by atoms with Crippen molar-refractivity contribution >= 4 is 16.8 Å². The summed E-state index contributed by atoms with van der Waals surface area (Å²) in [6.07, 6.45) is -4.22. The molecule has 0 aromatic heterocycles. The Balaban J connectivity index is 1.12. The average Bonchev–Trinajstić information content (AvgIpc) is 3.40. The predicted octanol–water partition coefficient (Wildman–Crippen LogP) is 6.25. The summed E-state index contributed by atoms with van der Waals surface area (Å²) in [5.74, 6) is -4.22. The van der Waals surface area contributed by atoms with Crippen molar-refractivity contribution in [2.24, 2.45) is 23.2 Å². The maximum atomic E-state index is 13.1. The Labute approximate surface area is 310 Å². The Morgan fingerprint density at radius 1 is 0.906 bits per heavy atom. The maximum Gasteiger partial charge on any atom is 0.453 e. The molecule has 2 saturated carbocycles. The minimum absolute atomic E-state index is 0.113. The number of carboxylic acid groups (broad SMARTS) is 1. The number of halogens is 5. The Hall–Kier alpha value is -1.91. The van der Waals surface area contributed by atoms with Gasteiger partial charge in [0.1, 0.15) is 24.1 Å². The third kappa shape index (κ3) is 9.56. The quantitative estimate of drug-likeness (QED) is 0.0913. The Bertz CT molecular complexity index is 1410. The van der Waals surface area contributed by atoms with E-state index in [1.165, 1.54) is 5.56 Å². The molecule has 4 aliphatic rings. The van der Waals surface area contributed by atoms with Crippen LogP contribution in [0.1, 0.15) is 114 Å². The van der Waals surface area contributed by atoms with E-state index in [9.17, 15) is 56.5 Å². The van der Waals surface area contributed by atoms with Gasteiger partial charge in [-0.05, 0) is 104 Å². The van der Waals surface area contributed by atoms with E-state index < -0.39 is 72.4 Å². The summed E-state index contributed by atoms with van der Waals surface area (Å²) in [6.45, 7) is 2.24. The number of ether oxygens (including phenoxy) is 2. The number of carboxylic acids is 1. The molecule has 0 bridgehead atoms. The molecule has 1 saturated heterocycles. The Morgan fingerprint density at radius 2 is 1.57 bits per heavy atom. The van der Waals surface area contributed by atoms with Crippen LogP contribution in [0.15, 0.2) is 18.2 Å². The highest BCUT2D eigenvalue weighted by Gasteiger charge is 2.57. The van der Waals surface area contributed by atoms with Gasteiger partial charge >= 0.3 is 18.1 Å². The summed E-state index contributed by atoms with van der Waals surface area (Å²) in [5, 5.41) is 51.2. The van der Waals surface area contributed by atoms with Gasteiger partial charge in [0.25, 0.3) is 0 Å². The minimum Gasteiger partial charge on any atom is -0.479 e. The van der Waals surface area contributed by atoms with Gasteiger partial charge in [0.15, 0.2) is 6.10 Å². The molecule has 53 heavy (non-hydrogen) atoms. The third-order valence-corrected chi connectivity index (χ3v) is 14.1. The van der Waals surface area contributed by atoms with Crippen molar-refractivity contribution in [3.05, 3.63) is 29.3 Å². The van der Waals surface area contributed by atoms with Gasteiger partial charge in [-0.15, -0.1) is 0 Å². The van der Waals surface area contributed by atoms with Crippen molar-refractivity contribution in [3.8, 4) is 5.75 Å². The number of aliphatic hydroxyl groups excluding tert-OH is 4. The molecule has 12 atom stereocenters. The van der Waals surface area contributed by atoms with Crippen molar-refractivity contribution in [1.82, 2.24) is 0 Å². The summed E-state index contributed by atoms with van der Waals surface area (Å²) >= 11 is 0. The number of hydrogen-bond donors (Lipinski definition) is 5. The summed E-state index contributed by atoms with van der Waals surface area (Å²) in [5.41, 5.74) is 2.24. The van der Waals surface area contributed by atoms with E-state index in [2.05, 4.69) is 6.92 Å². The molecule has 15 heteroatoms. The topological polar surface area (TPSA) is 154 Å². The lowest BCUT2D eigenvalue weighted by molar-refractivity contribution is -0.284. The van der Waals surface area contributed by atoms with Crippen LogP contribution < -0.4 is 4.74 Å². The van der Waals surface area contributed by atoms with Gasteiger partial charge in [-0.1, -0.05) is 51.5 Å². The first-order valence-corrected chi connectivity index (χ1v) is 20.6. The van der Waals surface area contributed by atoms with E-state index in [0.29, 0.717) is 41.6 Å². The van der Waals surface area contributed by atoms with E-state index in [1.807, 2.05) is 12.1 Å². The lowest BCUT2D eigenvalue weighted by Crippen LogP contribution is -2.61. The molecule has 1 heterocycles. The van der Waals surface area contributed by atoms with Gasteiger partial charge in [-0.3, -0.25) is 4.21 Å². The summed E-state index contributed by atoms with van der Waals surface area (Å²) in [4.78, 5) is 11.6. The molecule has 9 nitrogen and oxygen atoms in total. The fourth-order valence-electron chi connectivity index (χ4n) is 9.63. The molecule has 0 amide bonds. The molecule has 1 aromatic carbocycles. The second-order valence-corrected chi connectivity index (χ2v) is 17.7. The molecule has 5 N–H and O–H groups in total. The number of fused-ring (bicyclic) bond motifs is 5. The Morgan fingerprint density at radius 3 is 2.25 bits per heavy atom. The van der Waals surface area contributed by atoms with Crippen LogP contribution in [-0.2, 0) is 26.8 Å². The van der Waals surface area contributed by atoms with E-state index in [0.717, 1.165) is 82.6 Å². The highest BCUT2D eigenvalue weighted by molar-refractivity contribution is 7.84. The maximum absolute atomic E-state index is 13.1. The zero-order valence-corrected chi connectivity index (χ0v) is 31.0. The van der Waals surface area contributed by atoms with Gasteiger partial charge in [0.2, 0.25) is 6.29 Å². The van der Waals surface area contributed by atoms with Crippen LogP contribution in [0.3, 0.4) is 0 Å². The van der Waals surface area contributed by atoms with Gasteiger partial charge in [-0.2, -0.15) is 22.0 Å². The zero-order chi connectivity index (χ0) is 38.7. The number of aliphatic carboxylic acids is 1. The standard InChI is InChI=1S/C38H55F5O9S/c1-36-17-15-26-25-12-11-24(51-35-32(47)30(45)31(46)33(52-35)34(48)49)21-23(25)20-22(29(26)27(36)13-14-28(36)44)10-7-5-3-2-4-6-8-18-53(50)19-9-16-37(39,40)38(41,42)43/h11-12,21-22,26-33,35,44-47H,2-10,13-20H2,1H3,(H,48,49)/t22-,26-,27+,28-,29+,30-,31-,32+,33-,35+,36-,53-/m0/s1. The lowest BCUT2D eigenvalue weighted by Gasteiger charge is -2.53. The molecule has 0 unspecified atom stereocenters. The van der Waals surface area contributed by atoms with E-state index in [1.54, 1.807) is 6.07 Å². The van der Waals surface area contributed by atoms with Crippen molar-refractivity contribution in [2.45, 2.75) is 158 Å². The number of alkyl halides is 5. The van der Waals surface area contributed by atoms with Crippen LogP contribution in [0.2, 0.25) is 0 Å². The number of unbranched alkanes of at least 4 members (excludes halogenated alkanes) is 6. The van der Waals surface area contributed by atoms with E-state index >= 15 is 0 Å². The minimum atomic E-state index is -5.58. The normalized spacial score (nSPS) is 34.9. The number of hydrogen-bond acceptors (Lipinski definition) is 8. The number of carbonyl (C=O) groups is 1.